The van der Waals surface area contributed by atoms with Gasteiger partial charge in [0, 0.05) is 6.54 Å². The van der Waals surface area contributed by atoms with Crippen LogP contribution in [0.5, 0.6) is 0 Å². The molecule has 5 nitrogen and oxygen atoms in total. The van der Waals surface area contributed by atoms with Crippen molar-refractivity contribution < 1.29 is 14.4 Å². The summed E-state index contributed by atoms with van der Waals surface area (Å²) in [5.41, 5.74) is 2.82. The quantitative estimate of drug-likeness (QED) is 0.843. The zero-order valence-electron chi connectivity index (χ0n) is 15.2. The van der Waals surface area contributed by atoms with E-state index in [9.17, 15) is 14.4 Å². The van der Waals surface area contributed by atoms with Crippen LogP contribution >= 0.6 is 0 Å². The predicted molar refractivity (Wildman–Crippen MR) is 98.6 cm³/mol. The van der Waals surface area contributed by atoms with Crippen LogP contribution < -0.4 is 5.32 Å². The Kier molecular flexibility index (Phi) is 4.89. The van der Waals surface area contributed by atoms with Gasteiger partial charge in [-0.15, -0.1) is 0 Å². The largest absolute Gasteiger partial charge is 0.350 e. The van der Waals surface area contributed by atoms with E-state index in [1.165, 1.54) is 0 Å². The van der Waals surface area contributed by atoms with Gasteiger partial charge in [0.2, 0.25) is 5.91 Å². The van der Waals surface area contributed by atoms with E-state index >= 15 is 0 Å². The van der Waals surface area contributed by atoms with Crippen LogP contribution in [0.4, 0.5) is 0 Å². The minimum Gasteiger partial charge on any atom is -0.350 e. The Morgan fingerprint density at radius 2 is 1.50 bits per heavy atom. The third-order valence-corrected chi connectivity index (χ3v) is 4.59. The maximum absolute atomic E-state index is 12.8. The van der Waals surface area contributed by atoms with E-state index in [1.54, 1.807) is 24.3 Å². The van der Waals surface area contributed by atoms with Gasteiger partial charge in [0.05, 0.1) is 11.1 Å². The van der Waals surface area contributed by atoms with Crippen LogP contribution in [0, 0.1) is 12.8 Å². The summed E-state index contributed by atoms with van der Waals surface area (Å²) in [5.74, 6) is -1.34. The highest BCUT2D eigenvalue weighted by Gasteiger charge is 2.43. The van der Waals surface area contributed by atoms with Crippen molar-refractivity contribution in [3.63, 3.8) is 0 Å². The van der Waals surface area contributed by atoms with Crippen LogP contribution in [0.3, 0.4) is 0 Å². The fourth-order valence-electron chi connectivity index (χ4n) is 3.18. The van der Waals surface area contributed by atoms with E-state index in [2.05, 4.69) is 5.32 Å². The summed E-state index contributed by atoms with van der Waals surface area (Å²) in [5, 5.41) is 2.86. The minimum atomic E-state index is -0.840. The van der Waals surface area contributed by atoms with E-state index in [4.69, 9.17) is 0 Å². The first-order chi connectivity index (χ1) is 12.4. The molecule has 134 valence electrons. The molecule has 2 aromatic rings. The number of rotatable bonds is 5. The maximum atomic E-state index is 12.8. The summed E-state index contributed by atoms with van der Waals surface area (Å²) in [4.78, 5) is 39.3. The van der Waals surface area contributed by atoms with E-state index in [-0.39, 0.29) is 11.8 Å². The van der Waals surface area contributed by atoms with Crippen molar-refractivity contribution >= 4 is 17.7 Å². The minimum absolute atomic E-state index is 0.199. The molecule has 5 heteroatoms. The number of benzene rings is 2. The number of carbonyl (C=O) groups excluding carboxylic acids is 3. The van der Waals surface area contributed by atoms with Gasteiger partial charge in [0.1, 0.15) is 6.04 Å². The molecule has 0 spiro atoms. The molecule has 1 N–H and O–H groups in total. The lowest BCUT2D eigenvalue weighted by molar-refractivity contribution is -0.126. The first-order valence-corrected chi connectivity index (χ1v) is 8.70. The molecule has 1 aliphatic heterocycles. The van der Waals surface area contributed by atoms with Gasteiger partial charge in [-0.25, -0.2) is 0 Å². The Morgan fingerprint density at radius 1 is 0.962 bits per heavy atom. The number of hydrogen-bond acceptors (Lipinski definition) is 3. The summed E-state index contributed by atoms with van der Waals surface area (Å²) in [6, 6.07) is 13.7. The first kappa shape index (κ1) is 17.9. The van der Waals surface area contributed by atoms with E-state index in [0.29, 0.717) is 17.7 Å². The summed E-state index contributed by atoms with van der Waals surface area (Å²) in [7, 11) is 0. The Hall–Kier alpha value is -2.95. The van der Waals surface area contributed by atoms with Crippen molar-refractivity contribution in [1.29, 1.82) is 0 Å². The number of imide groups is 1. The lowest BCUT2D eigenvalue weighted by Gasteiger charge is -2.28. The van der Waals surface area contributed by atoms with Crippen LogP contribution in [0.15, 0.2) is 48.5 Å². The lowest BCUT2D eigenvalue weighted by atomic mass is 10.0. The topological polar surface area (TPSA) is 66.5 Å². The van der Waals surface area contributed by atoms with Gasteiger partial charge >= 0.3 is 0 Å². The van der Waals surface area contributed by atoms with Crippen molar-refractivity contribution in [1.82, 2.24) is 10.2 Å². The maximum Gasteiger partial charge on any atom is 0.262 e. The molecule has 0 radical (unpaired) electrons. The van der Waals surface area contributed by atoms with Crippen molar-refractivity contribution in [3.05, 3.63) is 70.8 Å². The van der Waals surface area contributed by atoms with Gasteiger partial charge in [-0.05, 0) is 30.5 Å². The van der Waals surface area contributed by atoms with E-state index < -0.39 is 17.9 Å². The van der Waals surface area contributed by atoms with Gasteiger partial charge in [0.25, 0.3) is 11.8 Å². The lowest BCUT2D eigenvalue weighted by Crippen LogP contribution is -2.52. The van der Waals surface area contributed by atoms with Crippen molar-refractivity contribution in [2.75, 3.05) is 0 Å². The van der Waals surface area contributed by atoms with Crippen molar-refractivity contribution in [2.24, 2.45) is 5.92 Å². The van der Waals surface area contributed by atoms with E-state index in [0.717, 1.165) is 16.0 Å². The van der Waals surface area contributed by atoms with Crippen LogP contribution in [0.25, 0.3) is 0 Å². The number of hydrogen-bond donors (Lipinski definition) is 1. The monoisotopic (exact) mass is 350 g/mol. The van der Waals surface area contributed by atoms with Gasteiger partial charge in [0.15, 0.2) is 0 Å². The standard InChI is InChI=1S/C21H22N2O3/c1-13(2)18(19(24)22-12-15-10-8-14(3)9-11-15)23-20(25)16-6-4-5-7-17(16)21(23)26/h4-11,13,18H,12H2,1-3H3,(H,22,24)/t18-/m1/s1. The Morgan fingerprint density at radius 3 is 2.00 bits per heavy atom. The number of carbonyl (C=O) groups is 3. The molecule has 2 aromatic carbocycles. The molecule has 0 bridgehead atoms. The van der Waals surface area contributed by atoms with Gasteiger partial charge < -0.3 is 5.32 Å². The number of aryl methyl sites for hydroxylation is 1. The zero-order chi connectivity index (χ0) is 18.8. The average molecular weight is 350 g/mol. The predicted octanol–water partition coefficient (Wildman–Crippen LogP) is 2.93. The Labute approximate surface area is 153 Å². The molecule has 0 aromatic heterocycles. The Balaban J connectivity index is 1.79. The SMILES string of the molecule is Cc1ccc(CNC(=O)[C@@H](C(C)C)N2C(=O)c3ccccc3C2=O)cc1. The molecule has 1 aliphatic rings. The summed E-state index contributed by atoms with van der Waals surface area (Å²) < 4.78 is 0. The molecule has 0 unspecified atom stereocenters. The van der Waals surface area contributed by atoms with Gasteiger partial charge in [-0.2, -0.15) is 0 Å². The molecular formula is C21H22N2O3. The highest BCUT2D eigenvalue weighted by Crippen LogP contribution is 2.27. The fourth-order valence-corrected chi connectivity index (χ4v) is 3.18. The van der Waals surface area contributed by atoms with Crippen LogP contribution in [0.1, 0.15) is 45.7 Å². The van der Waals surface area contributed by atoms with Crippen LogP contribution in [-0.2, 0) is 11.3 Å². The number of fused-ring (bicyclic) bond motifs is 1. The average Bonchev–Trinajstić information content (AvgIpc) is 2.87. The third kappa shape index (κ3) is 3.25. The molecule has 26 heavy (non-hydrogen) atoms. The number of amides is 3. The second kappa shape index (κ2) is 7.12. The fraction of sp³-hybridized carbons (Fsp3) is 0.286. The van der Waals surface area contributed by atoms with Gasteiger partial charge in [-0.1, -0.05) is 55.8 Å². The normalized spacial score (nSPS) is 14.5. The molecule has 0 aliphatic carbocycles. The number of nitrogens with one attached hydrogen (secondary N) is 1. The molecule has 0 saturated heterocycles. The second-order valence-electron chi connectivity index (χ2n) is 6.92. The smallest absolute Gasteiger partial charge is 0.262 e. The van der Waals surface area contributed by atoms with Crippen LogP contribution in [-0.4, -0.2) is 28.7 Å². The zero-order valence-corrected chi connectivity index (χ0v) is 15.2. The van der Waals surface area contributed by atoms with Crippen molar-refractivity contribution in [2.45, 2.75) is 33.4 Å². The highest BCUT2D eigenvalue weighted by atomic mass is 16.2. The molecule has 1 atom stereocenters. The highest BCUT2D eigenvalue weighted by molar-refractivity contribution is 6.22. The molecular weight excluding hydrogens is 328 g/mol. The molecule has 3 rings (SSSR count). The summed E-state index contributed by atoms with van der Waals surface area (Å²) >= 11 is 0. The van der Waals surface area contributed by atoms with Crippen molar-refractivity contribution in [3.8, 4) is 0 Å². The third-order valence-electron chi connectivity index (χ3n) is 4.59. The van der Waals surface area contributed by atoms with Gasteiger partial charge in [-0.3, -0.25) is 19.3 Å². The summed E-state index contributed by atoms with van der Waals surface area (Å²) in [6.07, 6.45) is 0. The molecule has 0 saturated carbocycles. The first-order valence-electron chi connectivity index (χ1n) is 8.70. The molecule has 0 fully saturated rings. The number of nitrogens with zero attached hydrogens (tertiary/aromatic N) is 1. The molecule has 1 heterocycles. The Bertz CT molecular complexity index is 821. The second-order valence-corrected chi connectivity index (χ2v) is 6.92. The van der Waals surface area contributed by atoms with E-state index in [1.807, 2.05) is 45.0 Å². The van der Waals surface area contributed by atoms with Crippen LogP contribution in [0.2, 0.25) is 0 Å². The summed E-state index contributed by atoms with van der Waals surface area (Å²) in [6.45, 7) is 6.02. The molecule has 3 amide bonds.